The van der Waals surface area contributed by atoms with Gasteiger partial charge < -0.3 is 5.32 Å². The predicted octanol–water partition coefficient (Wildman–Crippen LogP) is 1.59. The molecule has 1 radical (unpaired) electrons. The molecule has 0 saturated carbocycles. The van der Waals surface area contributed by atoms with Crippen molar-refractivity contribution in [3.05, 3.63) is 36.1 Å². The highest BCUT2D eigenvalue weighted by molar-refractivity contribution is 5.19. The maximum atomic E-state index is 4.20. The van der Waals surface area contributed by atoms with E-state index in [0.717, 1.165) is 18.3 Å². The number of pyridine rings is 1. The van der Waals surface area contributed by atoms with Crippen LogP contribution in [0.1, 0.15) is 19.5 Å². The van der Waals surface area contributed by atoms with E-state index in [2.05, 4.69) is 17.2 Å². The van der Waals surface area contributed by atoms with Gasteiger partial charge in [-0.05, 0) is 25.6 Å². The largest absolute Gasteiger partial charge is 0.305 e. The molecule has 0 atom stereocenters. The Hall–Kier alpha value is -0.890. The second kappa shape index (κ2) is 4.09. The average molecular weight is 149 g/mol. The molecule has 11 heavy (non-hydrogen) atoms. The Balaban J connectivity index is 2.61. The zero-order chi connectivity index (χ0) is 8.10. The third kappa shape index (κ3) is 2.31. The molecule has 0 saturated heterocycles. The minimum Gasteiger partial charge on any atom is -0.305 e. The smallest absolute Gasteiger partial charge is 0.0819 e. The summed E-state index contributed by atoms with van der Waals surface area (Å²) in [5.74, 6) is 0. The van der Waals surface area contributed by atoms with Crippen molar-refractivity contribution in [3.63, 3.8) is 0 Å². The van der Waals surface area contributed by atoms with E-state index in [9.17, 15) is 0 Å². The Kier molecular flexibility index (Phi) is 3.05. The highest BCUT2D eigenvalue weighted by Crippen LogP contribution is 2.05. The van der Waals surface area contributed by atoms with Gasteiger partial charge in [0.25, 0.3) is 0 Å². The first-order chi connectivity index (χ1) is 5.34. The quantitative estimate of drug-likeness (QED) is 0.706. The van der Waals surface area contributed by atoms with E-state index in [0.29, 0.717) is 0 Å². The molecule has 1 heterocycles. The van der Waals surface area contributed by atoms with Crippen LogP contribution in [0.4, 0.5) is 0 Å². The number of hydrogen-bond acceptors (Lipinski definition) is 2. The molecular formula is C9H13N2. The fraction of sp³-hybridized carbons (Fsp3) is 0.333. The highest BCUT2D eigenvalue weighted by atomic mass is 14.9. The lowest BCUT2D eigenvalue weighted by atomic mass is 10.2. The Morgan fingerprint density at radius 2 is 2.36 bits per heavy atom. The van der Waals surface area contributed by atoms with E-state index in [1.165, 1.54) is 0 Å². The number of nitrogens with one attached hydrogen (secondary N) is 1. The molecule has 0 aliphatic carbocycles. The van der Waals surface area contributed by atoms with Crippen molar-refractivity contribution in [2.45, 2.75) is 13.8 Å². The minimum absolute atomic E-state index is 0.947. The summed E-state index contributed by atoms with van der Waals surface area (Å²) in [6, 6.07) is 7.04. The Labute approximate surface area is 67.7 Å². The van der Waals surface area contributed by atoms with Crippen LogP contribution in [-0.4, -0.2) is 11.5 Å². The van der Waals surface area contributed by atoms with Crippen molar-refractivity contribution >= 4 is 0 Å². The molecule has 0 aliphatic rings. The van der Waals surface area contributed by atoms with E-state index in [-0.39, 0.29) is 0 Å². The number of nitrogens with zero attached hydrogens (tertiary/aromatic N) is 1. The summed E-state index contributed by atoms with van der Waals surface area (Å²) in [5.41, 5.74) is 1.02. The van der Waals surface area contributed by atoms with Crippen molar-refractivity contribution in [2.24, 2.45) is 0 Å². The molecule has 59 valence electrons. The maximum Gasteiger partial charge on any atom is 0.0819 e. The van der Waals surface area contributed by atoms with Crippen LogP contribution in [0, 0.1) is 6.04 Å². The van der Waals surface area contributed by atoms with Crippen molar-refractivity contribution < 1.29 is 0 Å². The van der Waals surface area contributed by atoms with E-state index in [1.807, 2.05) is 25.1 Å². The standard InChI is InChI=1S/C9H13N2/c1-3-10-8(2)9-6-4-5-7-11-9/h4-7,10H,3H2,1-2H3. The SMILES string of the molecule is CCN[C](C)c1ccccn1. The maximum absolute atomic E-state index is 4.20. The predicted molar refractivity (Wildman–Crippen MR) is 45.9 cm³/mol. The first-order valence-electron chi connectivity index (χ1n) is 3.83. The first kappa shape index (κ1) is 8.21. The zero-order valence-electron chi connectivity index (χ0n) is 6.96. The number of aromatic nitrogens is 1. The van der Waals surface area contributed by atoms with Crippen molar-refractivity contribution in [2.75, 3.05) is 6.54 Å². The summed E-state index contributed by atoms with van der Waals surface area (Å²) in [6.45, 7) is 5.06. The summed E-state index contributed by atoms with van der Waals surface area (Å²) in [5, 5.41) is 3.22. The average Bonchev–Trinajstić information content (AvgIpc) is 2.07. The lowest BCUT2D eigenvalue weighted by molar-refractivity contribution is 0.753. The van der Waals surface area contributed by atoms with Gasteiger partial charge in [-0.2, -0.15) is 0 Å². The van der Waals surface area contributed by atoms with Crippen LogP contribution < -0.4 is 5.32 Å². The molecule has 1 aromatic rings. The summed E-state index contributed by atoms with van der Waals surface area (Å²) in [7, 11) is 0. The Morgan fingerprint density at radius 1 is 1.55 bits per heavy atom. The van der Waals surface area contributed by atoms with E-state index in [1.54, 1.807) is 6.20 Å². The van der Waals surface area contributed by atoms with Crippen LogP contribution in [0.3, 0.4) is 0 Å². The molecule has 0 spiro atoms. The van der Waals surface area contributed by atoms with Crippen LogP contribution in [-0.2, 0) is 0 Å². The fourth-order valence-corrected chi connectivity index (χ4v) is 0.940. The molecule has 0 amide bonds. The summed E-state index contributed by atoms with van der Waals surface area (Å²) >= 11 is 0. The number of rotatable bonds is 3. The topological polar surface area (TPSA) is 24.9 Å². The third-order valence-corrected chi connectivity index (χ3v) is 1.49. The van der Waals surface area contributed by atoms with Gasteiger partial charge >= 0.3 is 0 Å². The van der Waals surface area contributed by atoms with Gasteiger partial charge in [-0.25, -0.2) is 0 Å². The normalized spacial score (nSPS) is 10.5. The molecule has 0 bridgehead atoms. The van der Waals surface area contributed by atoms with Crippen LogP contribution in [0.5, 0.6) is 0 Å². The first-order valence-corrected chi connectivity index (χ1v) is 3.83. The van der Waals surface area contributed by atoms with E-state index >= 15 is 0 Å². The molecule has 1 N–H and O–H groups in total. The third-order valence-electron chi connectivity index (χ3n) is 1.49. The zero-order valence-corrected chi connectivity index (χ0v) is 6.96. The van der Waals surface area contributed by atoms with Crippen LogP contribution in [0.25, 0.3) is 0 Å². The van der Waals surface area contributed by atoms with Crippen molar-refractivity contribution in [1.29, 1.82) is 0 Å². The lowest BCUT2D eigenvalue weighted by Crippen LogP contribution is -2.19. The van der Waals surface area contributed by atoms with Gasteiger partial charge in [-0.1, -0.05) is 13.0 Å². The van der Waals surface area contributed by atoms with E-state index in [4.69, 9.17) is 0 Å². The lowest BCUT2D eigenvalue weighted by Gasteiger charge is -2.08. The van der Waals surface area contributed by atoms with Crippen molar-refractivity contribution in [3.8, 4) is 0 Å². The van der Waals surface area contributed by atoms with Gasteiger partial charge in [0.2, 0.25) is 0 Å². The molecular weight excluding hydrogens is 136 g/mol. The van der Waals surface area contributed by atoms with Gasteiger partial charge in [0.1, 0.15) is 0 Å². The van der Waals surface area contributed by atoms with Gasteiger partial charge in [-0.3, -0.25) is 4.98 Å². The Morgan fingerprint density at radius 3 is 2.91 bits per heavy atom. The van der Waals surface area contributed by atoms with Gasteiger partial charge in [-0.15, -0.1) is 0 Å². The summed E-state index contributed by atoms with van der Waals surface area (Å²) < 4.78 is 0. The molecule has 0 unspecified atom stereocenters. The monoisotopic (exact) mass is 149 g/mol. The van der Waals surface area contributed by atoms with Crippen LogP contribution in [0.2, 0.25) is 0 Å². The second-order valence-electron chi connectivity index (χ2n) is 2.37. The molecule has 0 fully saturated rings. The van der Waals surface area contributed by atoms with Gasteiger partial charge in [0.05, 0.1) is 11.7 Å². The second-order valence-corrected chi connectivity index (χ2v) is 2.37. The number of hydrogen-bond donors (Lipinski definition) is 1. The summed E-state index contributed by atoms with van der Waals surface area (Å²) in [4.78, 5) is 4.20. The summed E-state index contributed by atoms with van der Waals surface area (Å²) in [6.07, 6.45) is 1.80. The molecule has 2 nitrogen and oxygen atoms in total. The van der Waals surface area contributed by atoms with Crippen molar-refractivity contribution in [1.82, 2.24) is 10.3 Å². The van der Waals surface area contributed by atoms with Gasteiger partial charge in [0, 0.05) is 6.20 Å². The van der Waals surface area contributed by atoms with Crippen LogP contribution in [0.15, 0.2) is 24.4 Å². The minimum atomic E-state index is 0.947. The molecule has 0 aromatic carbocycles. The highest BCUT2D eigenvalue weighted by Gasteiger charge is 2.03. The van der Waals surface area contributed by atoms with E-state index < -0.39 is 0 Å². The van der Waals surface area contributed by atoms with Gasteiger partial charge in [0.15, 0.2) is 0 Å². The molecule has 1 rings (SSSR count). The molecule has 2 heteroatoms. The molecule has 1 aromatic heterocycles. The van der Waals surface area contributed by atoms with Crippen LogP contribution >= 0.6 is 0 Å². The fourth-order valence-electron chi connectivity index (χ4n) is 0.940. The Bertz CT molecular complexity index is 196. The molecule has 0 aliphatic heterocycles.